The molecule has 106 valence electrons. The Labute approximate surface area is 119 Å². The van der Waals surface area contributed by atoms with E-state index >= 15 is 0 Å². The number of carbonyl (C=O) groups excluding carboxylic acids is 1. The Morgan fingerprint density at radius 2 is 1.48 bits per heavy atom. The highest BCUT2D eigenvalue weighted by Gasteiger charge is 2.33. The topological polar surface area (TPSA) is 20.3 Å². The van der Waals surface area contributed by atoms with Gasteiger partial charge in [-0.1, -0.05) is 24.8 Å². The highest BCUT2D eigenvalue weighted by molar-refractivity contribution is 6.21. The number of amides is 1. The Bertz CT molecular complexity index is 697. The first-order chi connectivity index (χ1) is 9.89. The van der Waals surface area contributed by atoms with Gasteiger partial charge >= 0.3 is 6.18 Å². The number of carbonyl (C=O) groups is 1. The fourth-order valence-corrected chi connectivity index (χ4v) is 2.36. The summed E-state index contributed by atoms with van der Waals surface area (Å²) in [6.45, 7) is 3.86. The summed E-state index contributed by atoms with van der Waals surface area (Å²) >= 11 is 0. The van der Waals surface area contributed by atoms with E-state index in [0.717, 1.165) is 12.1 Å². The second-order valence-corrected chi connectivity index (χ2v) is 4.68. The van der Waals surface area contributed by atoms with Crippen LogP contribution in [0.4, 0.5) is 18.9 Å². The molecule has 0 aromatic heterocycles. The van der Waals surface area contributed by atoms with Crippen molar-refractivity contribution in [2.45, 2.75) is 6.18 Å². The maximum Gasteiger partial charge on any atom is 0.416 e. The number of anilines is 1. The van der Waals surface area contributed by atoms with Gasteiger partial charge in [0, 0.05) is 16.8 Å². The summed E-state index contributed by atoms with van der Waals surface area (Å²) in [5.41, 5.74) is 1.29. The molecular weight excluding hydrogens is 279 g/mol. The van der Waals surface area contributed by atoms with E-state index in [1.165, 1.54) is 17.0 Å². The van der Waals surface area contributed by atoms with Crippen LogP contribution in [-0.2, 0) is 6.18 Å². The van der Waals surface area contributed by atoms with E-state index in [9.17, 15) is 18.0 Å². The fourth-order valence-electron chi connectivity index (χ4n) is 2.36. The zero-order valence-corrected chi connectivity index (χ0v) is 10.8. The molecule has 0 fully saturated rings. The van der Waals surface area contributed by atoms with Gasteiger partial charge in [0.05, 0.1) is 11.3 Å². The zero-order valence-electron chi connectivity index (χ0n) is 10.8. The average Bonchev–Trinajstić information content (AvgIpc) is 2.71. The third-order valence-corrected chi connectivity index (χ3v) is 3.39. The first-order valence-electron chi connectivity index (χ1n) is 6.19. The first kappa shape index (κ1) is 13.4. The van der Waals surface area contributed by atoms with Gasteiger partial charge in [-0.3, -0.25) is 9.69 Å². The smallest absolute Gasteiger partial charge is 0.277 e. The maximum absolute atomic E-state index is 12.6. The van der Waals surface area contributed by atoms with Gasteiger partial charge in [0.15, 0.2) is 0 Å². The second-order valence-electron chi connectivity index (χ2n) is 4.68. The van der Waals surface area contributed by atoms with Gasteiger partial charge in [0.25, 0.3) is 5.91 Å². The number of rotatable bonds is 1. The lowest BCUT2D eigenvalue weighted by Crippen LogP contribution is -2.22. The third kappa shape index (κ3) is 2.11. The molecule has 21 heavy (non-hydrogen) atoms. The Hall–Kier alpha value is -2.56. The number of fused-ring (bicyclic) bond motifs is 1. The van der Waals surface area contributed by atoms with Crippen LogP contribution in [0.3, 0.4) is 0 Å². The van der Waals surface area contributed by atoms with Crippen molar-refractivity contribution in [1.29, 1.82) is 0 Å². The Kier molecular flexibility index (Phi) is 2.86. The Morgan fingerprint density at radius 3 is 2.00 bits per heavy atom. The van der Waals surface area contributed by atoms with E-state index in [1.54, 1.807) is 24.3 Å². The van der Waals surface area contributed by atoms with Crippen LogP contribution in [0.5, 0.6) is 0 Å². The van der Waals surface area contributed by atoms with Gasteiger partial charge in [-0.2, -0.15) is 13.2 Å². The first-order valence-corrected chi connectivity index (χ1v) is 6.19. The summed E-state index contributed by atoms with van der Waals surface area (Å²) < 4.78 is 37.7. The minimum Gasteiger partial charge on any atom is -0.277 e. The van der Waals surface area contributed by atoms with Crippen LogP contribution >= 0.6 is 0 Å². The van der Waals surface area contributed by atoms with Gasteiger partial charge in [-0.15, -0.1) is 0 Å². The minimum atomic E-state index is -4.40. The molecule has 0 saturated carbocycles. The van der Waals surface area contributed by atoms with Crippen LogP contribution in [0, 0.1) is 0 Å². The number of hydrogen-bond acceptors (Lipinski definition) is 1. The summed E-state index contributed by atoms with van der Waals surface area (Å²) in [6.07, 6.45) is -4.40. The predicted octanol–water partition coefficient (Wildman–Crippen LogP) is 4.34. The lowest BCUT2D eigenvalue weighted by Gasteiger charge is -2.18. The van der Waals surface area contributed by atoms with Crippen molar-refractivity contribution >= 4 is 17.3 Å². The normalized spacial score (nSPS) is 14.5. The highest BCUT2D eigenvalue weighted by atomic mass is 19.4. The van der Waals surface area contributed by atoms with Gasteiger partial charge in [0.2, 0.25) is 0 Å². The van der Waals surface area contributed by atoms with Gasteiger partial charge in [-0.25, -0.2) is 0 Å². The van der Waals surface area contributed by atoms with E-state index in [2.05, 4.69) is 6.58 Å². The molecule has 3 rings (SSSR count). The van der Waals surface area contributed by atoms with Crippen molar-refractivity contribution in [2.24, 2.45) is 0 Å². The second kappa shape index (κ2) is 4.48. The van der Waals surface area contributed by atoms with Crippen molar-refractivity contribution in [3.63, 3.8) is 0 Å². The monoisotopic (exact) mass is 289 g/mol. The number of benzene rings is 2. The molecule has 0 bridgehead atoms. The van der Waals surface area contributed by atoms with Crippen molar-refractivity contribution in [2.75, 3.05) is 4.90 Å². The van der Waals surface area contributed by atoms with E-state index in [0.29, 0.717) is 22.5 Å². The number of hydrogen-bond donors (Lipinski definition) is 0. The molecule has 1 aliphatic rings. The van der Waals surface area contributed by atoms with E-state index < -0.39 is 11.7 Å². The van der Waals surface area contributed by atoms with Crippen LogP contribution in [0.2, 0.25) is 0 Å². The van der Waals surface area contributed by atoms with E-state index in [4.69, 9.17) is 0 Å². The Balaban J connectivity index is 2.00. The summed E-state index contributed by atoms with van der Waals surface area (Å²) in [5.74, 6) is -0.282. The summed E-state index contributed by atoms with van der Waals surface area (Å²) in [5, 5.41) is 0. The minimum absolute atomic E-state index is 0.282. The molecule has 0 atom stereocenters. The van der Waals surface area contributed by atoms with Crippen LogP contribution in [0.25, 0.3) is 5.70 Å². The third-order valence-electron chi connectivity index (χ3n) is 3.39. The highest BCUT2D eigenvalue weighted by Crippen LogP contribution is 2.37. The predicted molar refractivity (Wildman–Crippen MR) is 73.7 cm³/mol. The molecule has 0 spiro atoms. The van der Waals surface area contributed by atoms with E-state index in [-0.39, 0.29) is 5.91 Å². The molecule has 0 N–H and O–H groups in total. The molecule has 1 aliphatic heterocycles. The molecule has 0 unspecified atom stereocenters. The average molecular weight is 289 g/mol. The quantitative estimate of drug-likeness (QED) is 0.765. The van der Waals surface area contributed by atoms with Crippen molar-refractivity contribution in [1.82, 2.24) is 0 Å². The van der Waals surface area contributed by atoms with Crippen molar-refractivity contribution < 1.29 is 18.0 Å². The summed E-state index contributed by atoms with van der Waals surface area (Å²) in [4.78, 5) is 13.7. The van der Waals surface area contributed by atoms with E-state index in [1.807, 2.05) is 0 Å². The molecule has 0 aliphatic carbocycles. The zero-order chi connectivity index (χ0) is 15.2. The SMILES string of the molecule is C=C1c2ccccc2C(=O)N1c1ccc(C(F)(F)F)cc1. The fraction of sp³-hybridized carbons (Fsp3) is 0.0625. The number of alkyl halides is 3. The molecule has 5 heteroatoms. The molecule has 2 nitrogen and oxygen atoms in total. The van der Waals surface area contributed by atoms with Crippen LogP contribution in [-0.4, -0.2) is 5.91 Å². The molecule has 0 radical (unpaired) electrons. The Morgan fingerprint density at radius 1 is 0.905 bits per heavy atom. The van der Waals surface area contributed by atoms with Crippen LogP contribution in [0.15, 0.2) is 55.1 Å². The van der Waals surface area contributed by atoms with Gasteiger partial charge in [-0.05, 0) is 30.3 Å². The van der Waals surface area contributed by atoms with Gasteiger partial charge in [0.1, 0.15) is 0 Å². The summed E-state index contributed by atoms with van der Waals surface area (Å²) in [6, 6.07) is 11.4. The molecule has 1 amide bonds. The molecule has 1 heterocycles. The lowest BCUT2D eigenvalue weighted by atomic mass is 10.1. The lowest BCUT2D eigenvalue weighted by molar-refractivity contribution is -0.137. The number of nitrogens with zero attached hydrogens (tertiary/aromatic N) is 1. The largest absolute Gasteiger partial charge is 0.416 e. The molecule has 2 aromatic rings. The van der Waals surface area contributed by atoms with Crippen LogP contribution in [0.1, 0.15) is 21.5 Å². The van der Waals surface area contributed by atoms with Crippen molar-refractivity contribution in [3.05, 3.63) is 71.8 Å². The van der Waals surface area contributed by atoms with Gasteiger partial charge < -0.3 is 0 Å². The van der Waals surface area contributed by atoms with Crippen LogP contribution < -0.4 is 4.90 Å². The molecule has 0 saturated heterocycles. The maximum atomic E-state index is 12.6. The van der Waals surface area contributed by atoms with Crippen molar-refractivity contribution in [3.8, 4) is 0 Å². The molecular formula is C16H10F3NO. The number of halogens is 3. The molecule has 2 aromatic carbocycles. The standard InChI is InChI=1S/C16H10F3NO/c1-10-13-4-2-3-5-14(13)15(21)20(10)12-8-6-11(7-9-12)16(17,18)19/h2-9H,1H2. The summed E-state index contributed by atoms with van der Waals surface area (Å²) in [7, 11) is 0.